The van der Waals surface area contributed by atoms with E-state index in [1.165, 1.54) is 0 Å². The van der Waals surface area contributed by atoms with E-state index in [-0.39, 0.29) is 19.6 Å². The molecule has 0 atom stereocenters. The summed E-state index contributed by atoms with van der Waals surface area (Å²) in [6.07, 6.45) is -0.0316. The molecule has 0 spiro atoms. The molecular weight excluding hydrogens is 372 g/mol. The number of carboxylic acids is 1. The molecule has 0 aliphatic carbocycles. The van der Waals surface area contributed by atoms with Crippen molar-refractivity contribution in [1.82, 2.24) is 5.32 Å². The zero-order chi connectivity index (χ0) is 21.8. The molecule has 0 aromatic heterocycles. The quantitative estimate of drug-likeness (QED) is 0.673. The fraction of sp³-hybridized carbons (Fsp3) is 0.636. The third kappa shape index (κ3) is 6.18. The number of benzene rings is 1. The van der Waals surface area contributed by atoms with Gasteiger partial charge in [0, 0.05) is 31.9 Å². The molecule has 2 N–H and O–H groups in total. The van der Waals surface area contributed by atoms with Crippen LogP contribution in [0.4, 0.5) is 5.69 Å². The highest BCUT2D eigenvalue weighted by Gasteiger charge is 2.24. The summed E-state index contributed by atoms with van der Waals surface area (Å²) < 4.78 is 11.0. The number of anilines is 1. The first-order valence-corrected chi connectivity index (χ1v) is 10.1. The van der Waals surface area contributed by atoms with Gasteiger partial charge in [0.25, 0.3) is 0 Å². The van der Waals surface area contributed by atoms with Crippen LogP contribution in [0.25, 0.3) is 0 Å². The van der Waals surface area contributed by atoms with Gasteiger partial charge in [-0.1, -0.05) is 0 Å². The van der Waals surface area contributed by atoms with Gasteiger partial charge in [-0.3, -0.25) is 4.79 Å². The first-order chi connectivity index (χ1) is 13.5. The van der Waals surface area contributed by atoms with Gasteiger partial charge in [0.2, 0.25) is 0 Å². The van der Waals surface area contributed by atoms with Crippen molar-refractivity contribution in [3.63, 3.8) is 0 Å². The SMILES string of the molecule is Cc1c(COCC(=O)OC(C)(C)C)c(C)c(N2CCNCC2)c(C)c1CC(=O)O. The molecule has 7 nitrogen and oxygen atoms in total. The summed E-state index contributed by atoms with van der Waals surface area (Å²) in [6, 6.07) is 0. The van der Waals surface area contributed by atoms with Gasteiger partial charge in [-0.25, -0.2) is 4.79 Å². The summed E-state index contributed by atoms with van der Waals surface area (Å²) in [5.41, 5.74) is 5.33. The maximum absolute atomic E-state index is 12.0. The lowest BCUT2D eigenvalue weighted by atomic mass is 9.89. The lowest BCUT2D eigenvalue weighted by Crippen LogP contribution is -2.44. The molecule has 1 aliphatic rings. The van der Waals surface area contributed by atoms with E-state index in [4.69, 9.17) is 9.47 Å². The predicted octanol–water partition coefficient (Wildman–Crippen LogP) is 2.51. The lowest BCUT2D eigenvalue weighted by molar-refractivity contribution is -0.160. The standard InChI is InChI=1S/C22H34N2O5/c1-14-17(11-19(25)26)15(2)21(24-9-7-23-8-10-24)16(3)18(14)12-28-13-20(27)29-22(4,5)6/h23H,7-13H2,1-6H3,(H,25,26). The van der Waals surface area contributed by atoms with Crippen LogP contribution >= 0.6 is 0 Å². The third-order valence-electron chi connectivity index (χ3n) is 5.17. The normalized spacial score (nSPS) is 14.8. The van der Waals surface area contributed by atoms with Crippen molar-refractivity contribution in [3.05, 3.63) is 27.8 Å². The topological polar surface area (TPSA) is 88.1 Å². The second-order valence-corrected chi connectivity index (χ2v) is 8.57. The average Bonchev–Trinajstić information content (AvgIpc) is 2.61. The number of hydrogen-bond acceptors (Lipinski definition) is 6. The molecule has 29 heavy (non-hydrogen) atoms. The van der Waals surface area contributed by atoms with Crippen molar-refractivity contribution in [2.45, 2.75) is 60.2 Å². The Bertz CT molecular complexity index is 762. The fourth-order valence-electron chi connectivity index (χ4n) is 3.91. The summed E-state index contributed by atoms with van der Waals surface area (Å²) in [4.78, 5) is 25.7. The molecule has 0 bridgehead atoms. The third-order valence-corrected chi connectivity index (χ3v) is 5.17. The molecule has 0 unspecified atom stereocenters. The monoisotopic (exact) mass is 406 g/mol. The van der Waals surface area contributed by atoms with E-state index in [1.54, 1.807) is 0 Å². The number of ether oxygens (including phenoxy) is 2. The Morgan fingerprint density at radius 3 is 2.17 bits per heavy atom. The van der Waals surface area contributed by atoms with E-state index in [2.05, 4.69) is 10.2 Å². The van der Waals surface area contributed by atoms with Gasteiger partial charge in [-0.05, 0) is 69.4 Å². The van der Waals surface area contributed by atoms with Crippen molar-refractivity contribution in [2.75, 3.05) is 37.7 Å². The molecule has 1 aliphatic heterocycles. The van der Waals surface area contributed by atoms with Crippen LogP contribution < -0.4 is 10.2 Å². The molecule has 0 amide bonds. The number of aliphatic carboxylic acids is 1. The minimum atomic E-state index is -0.855. The molecule has 1 fully saturated rings. The second kappa shape index (κ2) is 9.59. The first-order valence-electron chi connectivity index (χ1n) is 10.1. The Labute approximate surface area is 173 Å². The van der Waals surface area contributed by atoms with Crippen molar-refractivity contribution >= 4 is 17.6 Å². The predicted molar refractivity (Wildman–Crippen MR) is 113 cm³/mol. The minimum Gasteiger partial charge on any atom is -0.481 e. The number of carboxylic acid groups (broad SMARTS) is 1. The molecule has 1 aromatic rings. The van der Waals surface area contributed by atoms with Crippen LogP contribution in [-0.4, -0.2) is 55.4 Å². The van der Waals surface area contributed by atoms with E-state index in [0.717, 1.165) is 59.7 Å². The second-order valence-electron chi connectivity index (χ2n) is 8.57. The number of carbonyl (C=O) groups is 2. The van der Waals surface area contributed by atoms with Gasteiger partial charge in [-0.15, -0.1) is 0 Å². The Balaban J connectivity index is 2.32. The van der Waals surface area contributed by atoms with E-state index >= 15 is 0 Å². The number of nitrogens with one attached hydrogen (secondary N) is 1. The van der Waals surface area contributed by atoms with Gasteiger partial charge in [0.1, 0.15) is 12.2 Å². The molecule has 1 saturated heterocycles. The smallest absolute Gasteiger partial charge is 0.332 e. The Morgan fingerprint density at radius 2 is 1.62 bits per heavy atom. The highest BCUT2D eigenvalue weighted by molar-refractivity contribution is 5.75. The van der Waals surface area contributed by atoms with Crippen molar-refractivity contribution in [1.29, 1.82) is 0 Å². The van der Waals surface area contributed by atoms with Gasteiger partial charge in [0.05, 0.1) is 13.0 Å². The summed E-state index contributed by atoms with van der Waals surface area (Å²) in [7, 11) is 0. The van der Waals surface area contributed by atoms with Crippen LogP contribution in [0.15, 0.2) is 0 Å². The number of rotatable bonds is 7. The van der Waals surface area contributed by atoms with Gasteiger partial charge >= 0.3 is 11.9 Å². The van der Waals surface area contributed by atoms with Gasteiger partial charge in [0.15, 0.2) is 0 Å². The summed E-state index contributed by atoms with van der Waals surface area (Å²) >= 11 is 0. The van der Waals surface area contributed by atoms with E-state index < -0.39 is 17.5 Å². The molecule has 0 saturated carbocycles. The minimum absolute atomic E-state index is 0.0316. The summed E-state index contributed by atoms with van der Waals surface area (Å²) in [6.45, 7) is 15.1. The summed E-state index contributed by atoms with van der Waals surface area (Å²) in [5, 5.41) is 12.8. The zero-order valence-corrected chi connectivity index (χ0v) is 18.5. The Kier molecular flexibility index (Phi) is 7.66. The highest BCUT2D eigenvalue weighted by atomic mass is 16.6. The Morgan fingerprint density at radius 1 is 1.03 bits per heavy atom. The number of hydrogen-bond donors (Lipinski definition) is 2. The van der Waals surface area contributed by atoms with E-state index in [0.29, 0.717) is 0 Å². The van der Waals surface area contributed by atoms with Crippen molar-refractivity contribution < 1.29 is 24.2 Å². The molecule has 1 aromatic carbocycles. The zero-order valence-electron chi connectivity index (χ0n) is 18.5. The van der Waals surface area contributed by atoms with Crippen LogP contribution in [-0.2, 0) is 32.1 Å². The van der Waals surface area contributed by atoms with Crippen LogP contribution in [0.3, 0.4) is 0 Å². The molecular formula is C22H34N2O5. The molecule has 162 valence electrons. The van der Waals surface area contributed by atoms with Crippen LogP contribution in [0.2, 0.25) is 0 Å². The number of carbonyl (C=O) groups excluding carboxylic acids is 1. The van der Waals surface area contributed by atoms with Crippen LogP contribution in [0, 0.1) is 20.8 Å². The van der Waals surface area contributed by atoms with Crippen LogP contribution in [0.5, 0.6) is 0 Å². The molecule has 0 radical (unpaired) electrons. The molecule has 7 heteroatoms. The van der Waals surface area contributed by atoms with Crippen molar-refractivity contribution in [2.24, 2.45) is 0 Å². The van der Waals surface area contributed by atoms with Crippen molar-refractivity contribution in [3.8, 4) is 0 Å². The maximum Gasteiger partial charge on any atom is 0.332 e. The van der Waals surface area contributed by atoms with E-state index in [9.17, 15) is 14.7 Å². The van der Waals surface area contributed by atoms with Gasteiger partial charge < -0.3 is 24.8 Å². The maximum atomic E-state index is 12.0. The molecule has 1 heterocycles. The average molecular weight is 407 g/mol. The van der Waals surface area contributed by atoms with E-state index in [1.807, 2.05) is 41.5 Å². The number of nitrogens with zero attached hydrogens (tertiary/aromatic N) is 1. The Hall–Kier alpha value is -2.12. The van der Waals surface area contributed by atoms with Gasteiger partial charge in [-0.2, -0.15) is 0 Å². The molecule has 2 rings (SSSR count). The first kappa shape index (κ1) is 23.2. The fourth-order valence-corrected chi connectivity index (χ4v) is 3.91. The number of piperazine rings is 1. The number of esters is 1. The lowest BCUT2D eigenvalue weighted by Gasteiger charge is -2.34. The summed E-state index contributed by atoms with van der Waals surface area (Å²) in [5.74, 6) is -1.26. The van der Waals surface area contributed by atoms with Crippen LogP contribution in [0.1, 0.15) is 48.6 Å². The largest absolute Gasteiger partial charge is 0.481 e. The highest BCUT2D eigenvalue weighted by Crippen LogP contribution is 2.35.